The molecule has 0 spiro atoms. The minimum atomic E-state index is -0.727. The Morgan fingerprint density at radius 3 is 2.61 bits per heavy atom. The van der Waals surface area contributed by atoms with Crippen molar-refractivity contribution >= 4 is 23.5 Å². The van der Waals surface area contributed by atoms with Crippen LogP contribution in [0.1, 0.15) is 30.6 Å². The first-order valence-corrected chi connectivity index (χ1v) is 7.25. The molecule has 2 amide bonds. The number of aliphatic hydroxyl groups is 1. The van der Waals surface area contributed by atoms with E-state index < -0.39 is 12.1 Å². The number of amides is 2. The summed E-state index contributed by atoms with van der Waals surface area (Å²) >= 11 is 0. The number of hydrogen-bond acceptors (Lipinski definition) is 5. The van der Waals surface area contributed by atoms with E-state index in [1.54, 1.807) is 31.2 Å². The zero-order valence-corrected chi connectivity index (χ0v) is 13.5. The third-order valence-electron chi connectivity index (χ3n) is 3.02. The summed E-state index contributed by atoms with van der Waals surface area (Å²) in [5, 5.41) is 12.2. The molecule has 0 aromatic heterocycles. The van der Waals surface area contributed by atoms with Crippen LogP contribution in [0.15, 0.2) is 24.3 Å². The molecule has 1 atom stereocenters. The summed E-state index contributed by atoms with van der Waals surface area (Å²) in [5.41, 5.74) is 0.870. The van der Waals surface area contributed by atoms with Crippen molar-refractivity contribution in [3.63, 3.8) is 0 Å². The van der Waals surface area contributed by atoms with E-state index in [-0.39, 0.29) is 31.3 Å². The second-order valence-electron chi connectivity index (χ2n) is 5.19. The minimum absolute atomic E-state index is 0.0420. The van der Waals surface area contributed by atoms with Gasteiger partial charge in [0.05, 0.1) is 19.6 Å². The van der Waals surface area contributed by atoms with Crippen molar-refractivity contribution in [2.45, 2.75) is 26.4 Å². The number of hydrogen-bond donors (Lipinski definition) is 2. The van der Waals surface area contributed by atoms with Crippen molar-refractivity contribution in [2.24, 2.45) is 0 Å². The van der Waals surface area contributed by atoms with Gasteiger partial charge in [0.2, 0.25) is 5.91 Å². The van der Waals surface area contributed by atoms with E-state index in [4.69, 9.17) is 0 Å². The van der Waals surface area contributed by atoms with Gasteiger partial charge in [0, 0.05) is 31.3 Å². The molecule has 1 aromatic carbocycles. The number of carbonyl (C=O) groups is 3. The van der Waals surface area contributed by atoms with Crippen LogP contribution < -0.4 is 5.32 Å². The largest absolute Gasteiger partial charge is 0.469 e. The van der Waals surface area contributed by atoms with Crippen LogP contribution in [0.25, 0.3) is 0 Å². The topological polar surface area (TPSA) is 95.9 Å². The van der Waals surface area contributed by atoms with Gasteiger partial charge in [0.1, 0.15) is 0 Å². The zero-order valence-electron chi connectivity index (χ0n) is 13.5. The lowest BCUT2D eigenvalue weighted by Gasteiger charge is -2.24. The van der Waals surface area contributed by atoms with Gasteiger partial charge in [-0.25, -0.2) is 0 Å². The highest BCUT2D eigenvalue weighted by atomic mass is 16.5. The zero-order chi connectivity index (χ0) is 17.4. The van der Waals surface area contributed by atoms with Crippen molar-refractivity contribution < 1.29 is 24.2 Å². The lowest BCUT2D eigenvalue weighted by Crippen LogP contribution is -2.38. The molecule has 0 radical (unpaired) electrons. The van der Waals surface area contributed by atoms with Crippen LogP contribution in [-0.4, -0.2) is 54.1 Å². The van der Waals surface area contributed by atoms with Crippen LogP contribution in [0.2, 0.25) is 0 Å². The normalized spacial score (nSPS) is 11.5. The van der Waals surface area contributed by atoms with Crippen LogP contribution in [0.3, 0.4) is 0 Å². The Kier molecular flexibility index (Phi) is 7.21. The molecular weight excluding hydrogens is 300 g/mol. The summed E-state index contributed by atoms with van der Waals surface area (Å²) in [7, 11) is 1.28. The van der Waals surface area contributed by atoms with Crippen molar-refractivity contribution in [3.8, 4) is 0 Å². The Hall–Kier alpha value is -2.41. The van der Waals surface area contributed by atoms with Gasteiger partial charge in [-0.2, -0.15) is 0 Å². The molecule has 1 aromatic rings. The Labute approximate surface area is 135 Å². The highest BCUT2D eigenvalue weighted by Gasteiger charge is 2.19. The number of aliphatic hydroxyl groups excluding tert-OH is 1. The van der Waals surface area contributed by atoms with Gasteiger partial charge < -0.3 is 20.1 Å². The predicted molar refractivity (Wildman–Crippen MR) is 85.0 cm³/mol. The Balaban J connectivity index is 2.90. The van der Waals surface area contributed by atoms with E-state index in [0.29, 0.717) is 11.3 Å². The summed E-state index contributed by atoms with van der Waals surface area (Å²) in [6.07, 6.45) is -0.685. The highest BCUT2D eigenvalue weighted by molar-refractivity contribution is 5.97. The molecule has 1 unspecified atom stereocenters. The van der Waals surface area contributed by atoms with Crippen LogP contribution >= 0.6 is 0 Å². The maximum Gasteiger partial charge on any atom is 0.307 e. The molecule has 0 aliphatic rings. The van der Waals surface area contributed by atoms with Gasteiger partial charge in [0.25, 0.3) is 5.91 Å². The summed E-state index contributed by atoms with van der Waals surface area (Å²) in [5.74, 6) is -0.997. The summed E-state index contributed by atoms with van der Waals surface area (Å²) in [6, 6.07) is 6.49. The monoisotopic (exact) mass is 322 g/mol. The fourth-order valence-electron chi connectivity index (χ4n) is 2.04. The second-order valence-corrected chi connectivity index (χ2v) is 5.19. The number of esters is 1. The van der Waals surface area contributed by atoms with Crippen LogP contribution in [-0.2, 0) is 14.3 Å². The first-order valence-electron chi connectivity index (χ1n) is 7.25. The molecule has 7 heteroatoms. The molecule has 126 valence electrons. The summed E-state index contributed by atoms with van der Waals surface area (Å²) in [4.78, 5) is 36.3. The predicted octanol–water partition coefficient (Wildman–Crippen LogP) is 1.03. The summed E-state index contributed by atoms with van der Waals surface area (Å²) in [6.45, 7) is 3.18. The fourth-order valence-corrected chi connectivity index (χ4v) is 2.04. The highest BCUT2D eigenvalue weighted by Crippen LogP contribution is 2.13. The first kappa shape index (κ1) is 18.6. The number of ether oxygens (including phenoxy) is 1. The van der Waals surface area contributed by atoms with E-state index in [1.807, 2.05) is 0 Å². The van der Waals surface area contributed by atoms with Gasteiger partial charge in [-0.3, -0.25) is 14.4 Å². The molecule has 0 saturated carbocycles. The number of methoxy groups -OCH3 is 1. The van der Waals surface area contributed by atoms with Gasteiger partial charge in [-0.15, -0.1) is 0 Å². The van der Waals surface area contributed by atoms with E-state index >= 15 is 0 Å². The molecule has 2 N–H and O–H groups in total. The number of rotatable bonds is 7. The van der Waals surface area contributed by atoms with Crippen LogP contribution in [0.4, 0.5) is 5.69 Å². The average molecular weight is 322 g/mol. The maximum absolute atomic E-state index is 12.6. The van der Waals surface area contributed by atoms with Crippen molar-refractivity contribution in [1.29, 1.82) is 0 Å². The van der Waals surface area contributed by atoms with E-state index in [1.165, 1.54) is 18.9 Å². The molecule has 23 heavy (non-hydrogen) atoms. The third kappa shape index (κ3) is 6.48. The SMILES string of the molecule is COC(=O)CCN(CC(C)O)C(=O)c1cccc(NC(C)=O)c1. The number of benzene rings is 1. The molecule has 0 heterocycles. The third-order valence-corrected chi connectivity index (χ3v) is 3.02. The quantitative estimate of drug-likeness (QED) is 0.731. The van der Waals surface area contributed by atoms with Crippen LogP contribution in [0.5, 0.6) is 0 Å². The lowest BCUT2D eigenvalue weighted by molar-refractivity contribution is -0.140. The van der Waals surface area contributed by atoms with E-state index in [0.717, 1.165) is 0 Å². The fraction of sp³-hybridized carbons (Fsp3) is 0.438. The molecule has 7 nitrogen and oxygen atoms in total. The smallest absolute Gasteiger partial charge is 0.307 e. The molecule has 0 bridgehead atoms. The first-order chi connectivity index (χ1) is 10.8. The number of carbonyl (C=O) groups excluding carboxylic acids is 3. The second kappa shape index (κ2) is 8.89. The molecule has 1 rings (SSSR count). The average Bonchev–Trinajstić information content (AvgIpc) is 2.49. The van der Waals surface area contributed by atoms with Gasteiger partial charge >= 0.3 is 5.97 Å². The Morgan fingerprint density at radius 2 is 2.04 bits per heavy atom. The summed E-state index contributed by atoms with van der Waals surface area (Å²) < 4.78 is 4.57. The van der Waals surface area contributed by atoms with Crippen molar-refractivity contribution in [3.05, 3.63) is 29.8 Å². The molecule has 0 aliphatic carbocycles. The molecule has 0 fully saturated rings. The van der Waals surface area contributed by atoms with Gasteiger partial charge in [-0.1, -0.05) is 6.07 Å². The number of anilines is 1. The maximum atomic E-state index is 12.6. The van der Waals surface area contributed by atoms with E-state index in [2.05, 4.69) is 10.1 Å². The number of nitrogens with one attached hydrogen (secondary N) is 1. The van der Waals surface area contributed by atoms with Crippen molar-refractivity contribution in [2.75, 3.05) is 25.5 Å². The molecular formula is C16H22N2O5. The lowest BCUT2D eigenvalue weighted by atomic mass is 10.1. The number of nitrogens with zero attached hydrogens (tertiary/aromatic N) is 1. The molecule has 0 saturated heterocycles. The standard InChI is InChI=1S/C16H22N2O5/c1-11(19)10-18(8-7-15(21)23-3)16(22)13-5-4-6-14(9-13)17-12(2)20/h4-6,9,11,19H,7-8,10H2,1-3H3,(H,17,20). The Bertz CT molecular complexity index is 571. The van der Waals surface area contributed by atoms with Gasteiger partial charge in [-0.05, 0) is 25.1 Å². The van der Waals surface area contributed by atoms with E-state index in [9.17, 15) is 19.5 Å². The molecule has 0 aliphatic heterocycles. The van der Waals surface area contributed by atoms with Crippen molar-refractivity contribution in [1.82, 2.24) is 4.90 Å². The van der Waals surface area contributed by atoms with Crippen LogP contribution in [0, 0.1) is 0 Å². The Morgan fingerprint density at radius 1 is 1.35 bits per heavy atom. The minimum Gasteiger partial charge on any atom is -0.469 e. The van der Waals surface area contributed by atoms with Gasteiger partial charge in [0.15, 0.2) is 0 Å².